The molecule has 0 saturated heterocycles. The molecule has 1 atom stereocenters. The van der Waals surface area contributed by atoms with Gasteiger partial charge in [-0.15, -0.1) is 11.3 Å². The summed E-state index contributed by atoms with van der Waals surface area (Å²) >= 11 is 1.32. The summed E-state index contributed by atoms with van der Waals surface area (Å²) in [5.41, 5.74) is 0. The van der Waals surface area contributed by atoms with Gasteiger partial charge in [-0.3, -0.25) is 4.68 Å². The van der Waals surface area contributed by atoms with Gasteiger partial charge >= 0.3 is 0 Å². The molecule has 2 rings (SSSR count). The lowest BCUT2D eigenvalue weighted by Gasteiger charge is -2.13. The average Bonchev–Trinajstić information content (AvgIpc) is 3.06. The SMILES string of the molecule is CNCCc1ccc(S(=O)(=O)NC(C)Cn2cccn2)s1. The van der Waals surface area contributed by atoms with Crippen molar-refractivity contribution in [3.05, 3.63) is 35.5 Å². The van der Waals surface area contributed by atoms with E-state index in [1.807, 2.05) is 32.3 Å². The van der Waals surface area contributed by atoms with Crippen molar-refractivity contribution in [2.75, 3.05) is 13.6 Å². The topological polar surface area (TPSA) is 76.0 Å². The Morgan fingerprint density at radius 3 is 2.90 bits per heavy atom. The van der Waals surface area contributed by atoms with Crippen LogP contribution in [-0.2, 0) is 23.0 Å². The fourth-order valence-corrected chi connectivity index (χ4v) is 4.54. The van der Waals surface area contributed by atoms with Crippen LogP contribution in [0.1, 0.15) is 11.8 Å². The van der Waals surface area contributed by atoms with Gasteiger partial charge in [0, 0.05) is 23.3 Å². The van der Waals surface area contributed by atoms with Gasteiger partial charge in [-0.1, -0.05) is 0 Å². The van der Waals surface area contributed by atoms with E-state index in [1.165, 1.54) is 11.3 Å². The summed E-state index contributed by atoms with van der Waals surface area (Å²) in [6.45, 7) is 3.17. The third-order valence-electron chi connectivity index (χ3n) is 2.90. The van der Waals surface area contributed by atoms with Crippen LogP contribution < -0.4 is 10.0 Å². The maximum Gasteiger partial charge on any atom is 0.250 e. The maximum absolute atomic E-state index is 12.3. The molecule has 1 unspecified atom stereocenters. The first-order valence-corrected chi connectivity index (χ1v) is 9.04. The summed E-state index contributed by atoms with van der Waals surface area (Å²) in [5, 5.41) is 7.13. The van der Waals surface area contributed by atoms with Gasteiger partial charge in [-0.05, 0) is 45.1 Å². The van der Waals surface area contributed by atoms with Crippen LogP contribution in [0.5, 0.6) is 0 Å². The molecule has 0 aliphatic rings. The molecule has 0 aliphatic carbocycles. The Morgan fingerprint density at radius 2 is 2.24 bits per heavy atom. The molecule has 0 saturated carbocycles. The lowest BCUT2D eigenvalue weighted by molar-refractivity contribution is 0.494. The second-order valence-electron chi connectivity index (χ2n) is 4.82. The van der Waals surface area contributed by atoms with Crippen molar-refractivity contribution in [3.63, 3.8) is 0 Å². The van der Waals surface area contributed by atoms with Gasteiger partial charge in [-0.25, -0.2) is 13.1 Å². The zero-order valence-electron chi connectivity index (χ0n) is 12.1. The van der Waals surface area contributed by atoms with Crippen LogP contribution in [0.25, 0.3) is 0 Å². The lowest BCUT2D eigenvalue weighted by atomic mass is 10.3. The Balaban J connectivity index is 1.98. The Kier molecular flexibility index (Phi) is 5.51. The maximum atomic E-state index is 12.3. The molecule has 0 spiro atoms. The van der Waals surface area contributed by atoms with E-state index in [2.05, 4.69) is 15.1 Å². The number of nitrogens with one attached hydrogen (secondary N) is 2. The quantitative estimate of drug-likeness (QED) is 0.760. The average molecular weight is 328 g/mol. The van der Waals surface area contributed by atoms with Crippen LogP contribution in [-0.4, -0.2) is 37.8 Å². The van der Waals surface area contributed by atoms with Gasteiger partial charge in [0.05, 0.1) is 6.54 Å². The Hall–Kier alpha value is -1.22. The zero-order valence-corrected chi connectivity index (χ0v) is 13.7. The van der Waals surface area contributed by atoms with E-state index in [0.717, 1.165) is 17.8 Å². The van der Waals surface area contributed by atoms with E-state index in [-0.39, 0.29) is 6.04 Å². The largest absolute Gasteiger partial charge is 0.319 e. The fourth-order valence-electron chi connectivity index (χ4n) is 1.93. The van der Waals surface area contributed by atoms with E-state index < -0.39 is 10.0 Å². The highest BCUT2D eigenvalue weighted by atomic mass is 32.2. The zero-order chi connectivity index (χ0) is 15.3. The van der Waals surface area contributed by atoms with Crippen molar-refractivity contribution in [3.8, 4) is 0 Å². The smallest absolute Gasteiger partial charge is 0.250 e. The summed E-state index contributed by atoms with van der Waals surface area (Å²) in [6.07, 6.45) is 4.32. The molecule has 2 heterocycles. The van der Waals surface area contributed by atoms with Crippen molar-refractivity contribution in [2.45, 2.75) is 30.1 Å². The summed E-state index contributed by atoms with van der Waals surface area (Å²) in [6, 6.07) is 5.12. The highest BCUT2D eigenvalue weighted by molar-refractivity contribution is 7.91. The molecule has 2 aromatic rings. The number of rotatable bonds is 8. The van der Waals surface area contributed by atoms with Gasteiger partial charge in [0.25, 0.3) is 0 Å². The molecule has 8 heteroatoms. The van der Waals surface area contributed by atoms with Crippen LogP contribution in [0, 0.1) is 0 Å². The number of thiophene rings is 1. The minimum absolute atomic E-state index is 0.224. The summed E-state index contributed by atoms with van der Waals surface area (Å²) in [4.78, 5) is 1.06. The van der Waals surface area contributed by atoms with E-state index in [0.29, 0.717) is 10.8 Å². The third-order valence-corrected chi connectivity index (χ3v) is 6.13. The molecule has 0 aliphatic heterocycles. The molecular formula is C13H20N4O2S2. The number of hydrogen-bond acceptors (Lipinski definition) is 5. The molecule has 2 aromatic heterocycles. The van der Waals surface area contributed by atoms with Gasteiger partial charge < -0.3 is 5.32 Å². The van der Waals surface area contributed by atoms with Gasteiger partial charge in [-0.2, -0.15) is 5.10 Å². The van der Waals surface area contributed by atoms with Crippen molar-refractivity contribution in [1.82, 2.24) is 19.8 Å². The molecule has 116 valence electrons. The molecular weight excluding hydrogens is 308 g/mol. The summed E-state index contributed by atoms with van der Waals surface area (Å²) in [7, 11) is -1.58. The second kappa shape index (κ2) is 7.17. The summed E-state index contributed by atoms with van der Waals surface area (Å²) in [5.74, 6) is 0. The first-order valence-electron chi connectivity index (χ1n) is 6.74. The number of hydrogen-bond donors (Lipinski definition) is 2. The monoisotopic (exact) mass is 328 g/mol. The van der Waals surface area contributed by atoms with E-state index >= 15 is 0 Å². The van der Waals surface area contributed by atoms with Gasteiger partial charge in [0.2, 0.25) is 10.0 Å². The molecule has 0 bridgehead atoms. The van der Waals surface area contributed by atoms with Crippen LogP contribution in [0.3, 0.4) is 0 Å². The summed E-state index contributed by atoms with van der Waals surface area (Å²) < 4.78 is 29.4. The minimum Gasteiger partial charge on any atom is -0.319 e. The van der Waals surface area contributed by atoms with Crippen molar-refractivity contribution in [1.29, 1.82) is 0 Å². The van der Waals surface area contributed by atoms with Crippen LogP contribution in [0.2, 0.25) is 0 Å². The van der Waals surface area contributed by atoms with E-state index in [1.54, 1.807) is 16.9 Å². The predicted molar refractivity (Wildman–Crippen MR) is 84.0 cm³/mol. The fraction of sp³-hybridized carbons (Fsp3) is 0.462. The molecule has 21 heavy (non-hydrogen) atoms. The first-order chi connectivity index (χ1) is 10.0. The molecule has 0 amide bonds. The van der Waals surface area contributed by atoms with Crippen LogP contribution in [0.4, 0.5) is 0 Å². The van der Waals surface area contributed by atoms with Crippen molar-refractivity contribution < 1.29 is 8.42 Å². The number of likely N-dealkylation sites (N-methyl/N-ethyl adjacent to an activating group) is 1. The second-order valence-corrected chi connectivity index (χ2v) is 7.93. The number of sulfonamides is 1. The molecule has 0 radical (unpaired) electrons. The molecule has 6 nitrogen and oxygen atoms in total. The normalized spacial score (nSPS) is 13.4. The lowest BCUT2D eigenvalue weighted by Crippen LogP contribution is -2.35. The standard InChI is InChI=1S/C13H20N4O2S2/c1-11(10-17-9-3-7-15-17)16-21(18,19)13-5-4-12(20-13)6-8-14-2/h3-5,7,9,11,14,16H,6,8,10H2,1-2H3. The highest BCUT2D eigenvalue weighted by Gasteiger charge is 2.19. The Morgan fingerprint density at radius 1 is 1.43 bits per heavy atom. The van der Waals surface area contributed by atoms with Crippen LogP contribution in [0.15, 0.2) is 34.8 Å². The molecule has 0 fully saturated rings. The van der Waals surface area contributed by atoms with Gasteiger partial charge in [0.1, 0.15) is 4.21 Å². The molecule has 0 aromatic carbocycles. The van der Waals surface area contributed by atoms with Crippen LogP contribution >= 0.6 is 11.3 Å². The molecule has 2 N–H and O–H groups in total. The van der Waals surface area contributed by atoms with Crippen molar-refractivity contribution in [2.24, 2.45) is 0 Å². The number of nitrogens with zero attached hydrogens (tertiary/aromatic N) is 2. The van der Waals surface area contributed by atoms with E-state index in [9.17, 15) is 8.42 Å². The predicted octanol–water partition coefficient (Wildman–Crippen LogP) is 1.07. The minimum atomic E-state index is -3.46. The van der Waals surface area contributed by atoms with Gasteiger partial charge in [0.15, 0.2) is 0 Å². The van der Waals surface area contributed by atoms with E-state index in [4.69, 9.17) is 0 Å². The number of aromatic nitrogens is 2. The Bertz CT molecular complexity index is 650. The highest BCUT2D eigenvalue weighted by Crippen LogP contribution is 2.22. The first kappa shape index (κ1) is 16.2. The third kappa shape index (κ3) is 4.63. The Labute approximate surface area is 129 Å². The van der Waals surface area contributed by atoms with Crippen molar-refractivity contribution >= 4 is 21.4 Å².